The minimum atomic E-state index is -1.78. The third-order valence-corrected chi connectivity index (χ3v) is 4.00. The van der Waals surface area contributed by atoms with Crippen molar-refractivity contribution in [2.45, 2.75) is 17.7 Å². The Kier molecular flexibility index (Phi) is 6.25. The van der Waals surface area contributed by atoms with Crippen molar-refractivity contribution in [3.05, 3.63) is 29.8 Å². The van der Waals surface area contributed by atoms with Crippen LogP contribution in [0.4, 0.5) is 8.78 Å². The summed E-state index contributed by atoms with van der Waals surface area (Å²) in [5, 5.41) is 8.41. The Morgan fingerprint density at radius 3 is 2.80 bits per heavy atom. The fourth-order valence-electron chi connectivity index (χ4n) is 1.47. The molecule has 0 heterocycles. The van der Waals surface area contributed by atoms with Gasteiger partial charge in [0.1, 0.15) is 11.6 Å². The Morgan fingerprint density at radius 1 is 1.45 bits per heavy atom. The lowest BCUT2D eigenvalue weighted by Crippen LogP contribution is -2.28. The zero-order valence-corrected chi connectivity index (χ0v) is 11.8. The fraction of sp³-hybridized carbons (Fsp3) is 0.385. The molecule has 7 heteroatoms. The van der Waals surface area contributed by atoms with E-state index < -0.39 is 22.4 Å². The van der Waals surface area contributed by atoms with Crippen molar-refractivity contribution >= 4 is 16.7 Å². The van der Waals surface area contributed by atoms with Gasteiger partial charge in [-0.2, -0.15) is 5.26 Å². The number of hydrogen-bond acceptors (Lipinski definition) is 3. The molecule has 0 aliphatic rings. The molecule has 0 saturated heterocycles. The Morgan fingerprint density at radius 2 is 2.15 bits per heavy atom. The van der Waals surface area contributed by atoms with Gasteiger partial charge in [-0.15, -0.1) is 0 Å². The molecule has 0 fully saturated rings. The molecule has 1 atom stereocenters. The van der Waals surface area contributed by atoms with E-state index in [0.717, 1.165) is 18.2 Å². The first-order valence-corrected chi connectivity index (χ1v) is 7.22. The standard InChI is InChI=1S/C13H14F2N2O2S/c1-17(7-2-6-16)13(18)5-8-20(19)12-9-10(14)3-4-11(12)15/h3-4,9H,2,5,7-8H2,1H3. The van der Waals surface area contributed by atoms with E-state index in [0.29, 0.717) is 0 Å². The lowest BCUT2D eigenvalue weighted by atomic mass is 10.3. The van der Waals surface area contributed by atoms with Gasteiger partial charge in [0.15, 0.2) is 0 Å². The zero-order chi connectivity index (χ0) is 15.1. The number of carbonyl (C=O) groups is 1. The van der Waals surface area contributed by atoms with Gasteiger partial charge in [0.05, 0.1) is 28.2 Å². The van der Waals surface area contributed by atoms with Crippen LogP contribution in [0.2, 0.25) is 0 Å². The number of rotatable bonds is 6. The smallest absolute Gasteiger partial charge is 0.223 e. The van der Waals surface area contributed by atoms with Crippen LogP contribution >= 0.6 is 0 Å². The highest BCUT2D eigenvalue weighted by Gasteiger charge is 2.15. The predicted molar refractivity (Wildman–Crippen MR) is 70.1 cm³/mol. The molecular formula is C13H14F2N2O2S. The van der Waals surface area contributed by atoms with Crippen molar-refractivity contribution in [2.75, 3.05) is 19.3 Å². The number of benzene rings is 1. The van der Waals surface area contributed by atoms with E-state index >= 15 is 0 Å². The van der Waals surface area contributed by atoms with E-state index in [1.54, 1.807) is 0 Å². The van der Waals surface area contributed by atoms with Crippen molar-refractivity contribution in [2.24, 2.45) is 0 Å². The molecule has 0 saturated carbocycles. The average molecular weight is 300 g/mol. The van der Waals surface area contributed by atoms with Gasteiger partial charge < -0.3 is 4.90 Å². The minimum absolute atomic E-state index is 0.0511. The first-order valence-electron chi connectivity index (χ1n) is 5.90. The van der Waals surface area contributed by atoms with Crippen LogP contribution in [0.5, 0.6) is 0 Å². The van der Waals surface area contributed by atoms with Crippen LogP contribution in [0, 0.1) is 23.0 Å². The summed E-state index contributed by atoms with van der Waals surface area (Å²) in [6, 6.07) is 4.63. The Labute approximate surface area is 118 Å². The summed E-state index contributed by atoms with van der Waals surface area (Å²) in [5.41, 5.74) is 0. The van der Waals surface area contributed by atoms with Crippen LogP contribution in [-0.4, -0.2) is 34.4 Å². The molecule has 1 rings (SSSR count). The fourth-order valence-corrected chi connectivity index (χ4v) is 2.58. The van der Waals surface area contributed by atoms with E-state index in [1.807, 2.05) is 6.07 Å². The number of nitrogens with zero attached hydrogens (tertiary/aromatic N) is 2. The Balaban J connectivity index is 2.57. The summed E-state index contributed by atoms with van der Waals surface area (Å²) < 4.78 is 38.2. The number of nitriles is 1. The second-order valence-electron chi connectivity index (χ2n) is 4.10. The van der Waals surface area contributed by atoms with E-state index in [1.165, 1.54) is 11.9 Å². The van der Waals surface area contributed by atoms with Crippen molar-refractivity contribution in [1.82, 2.24) is 4.90 Å². The van der Waals surface area contributed by atoms with Gasteiger partial charge in [-0.25, -0.2) is 8.78 Å². The van der Waals surface area contributed by atoms with Crippen molar-refractivity contribution in [1.29, 1.82) is 5.26 Å². The second kappa shape index (κ2) is 7.70. The summed E-state index contributed by atoms with van der Waals surface area (Å²) in [6.07, 6.45) is 0.161. The molecule has 0 aromatic heterocycles. The predicted octanol–water partition coefficient (Wildman–Crippen LogP) is 1.83. The van der Waals surface area contributed by atoms with E-state index in [4.69, 9.17) is 5.26 Å². The molecule has 1 aromatic carbocycles. The highest BCUT2D eigenvalue weighted by Crippen LogP contribution is 2.15. The van der Waals surface area contributed by atoms with Gasteiger partial charge >= 0.3 is 0 Å². The zero-order valence-electron chi connectivity index (χ0n) is 10.9. The van der Waals surface area contributed by atoms with Gasteiger partial charge in [-0.05, 0) is 18.2 Å². The molecular weight excluding hydrogens is 286 g/mol. The van der Waals surface area contributed by atoms with Crippen LogP contribution < -0.4 is 0 Å². The van der Waals surface area contributed by atoms with Gasteiger partial charge in [-0.1, -0.05) is 0 Å². The number of halogens is 2. The van der Waals surface area contributed by atoms with Crippen LogP contribution in [0.15, 0.2) is 23.1 Å². The van der Waals surface area contributed by atoms with E-state index in [2.05, 4.69) is 0 Å². The molecule has 20 heavy (non-hydrogen) atoms. The van der Waals surface area contributed by atoms with Crippen LogP contribution in [0.3, 0.4) is 0 Å². The topological polar surface area (TPSA) is 61.2 Å². The molecule has 1 unspecified atom stereocenters. The van der Waals surface area contributed by atoms with Crippen molar-refractivity contribution < 1.29 is 17.8 Å². The highest BCUT2D eigenvalue weighted by molar-refractivity contribution is 7.85. The molecule has 108 valence electrons. The second-order valence-corrected chi connectivity index (χ2v) is 5.64. The maximum Gasteiger partial charge on any atom is 0.223 e. The summed E-state index contributed by atoms with van der Waals surface area (Å²) in [5.74, 6) is -1.80. The highest BCUT2D eigenvalue weighted by atomic mass is 32.2. The molecule has 0 aliphatic carbocycles. The molecule has 0 bridgehead atoms. The van der Waals surface area contributed by atoms with Crippen LogP contribution in [-0.2, 0) is 15.6 Å². The Hall–Kier alpha value is -1.81. The van der Waals surface area contributed by atoms with Gasteiger partial charge in [0.2, 0.25) is 5.91 Å². The summed E-state index contributed by atoms with van der Waals surface area (Å²) in [7, 11) is -0.243. The quantitative estimate of drug-likeness (QED) is 0.805. The van der Waals surface area contributed by atoms with Crippen LogP contribution in [0.1, 0.15) is 12.8 Å². The lowest BCUT2D eigenvalue weighted by molar-refractivity contribution is -0.129. The Bertz CT molecular complexity index is 558. The molecule has 0 radical (unpaired) electrons. The van der Waals surface area contributed by atoms with Crippen molar-refractivity contribution in [3.8, 4) is 6.07 Å². The SMILES string of the molecule is CN(CCC#N)C(=O)CCS(=O)c1cc(F)ccc1F. The monoisotopic (exact) mass is 300 g/mol. The van der Waals surface area contributed by atoms with Gasteiger partial charge in [0, 0.05) is 25.8 Å². The van der Waals surface area contributed by atoms with Crippen molar-refractivity contribution in [3.63, 3.8) is 0 Å². The van der Waals surface area contributed by atoms with Gasteiger partial charge in [0.25, 0.3) is 0 Å². The van der Waals surface area contributed by atoms with Gasteiger partial charge in [-0.3, -0.25) is 9.00 Å². The summed E-state index contributed by atoms with van der Waals surface area (Å²) >= 11 is 0. The molecule has 0 aliphatic heterocycles. The third kappa shape index (κ3) is 4.70. The average Bonchev–Trinajstić information content (AvgIpc) is 2.44. The normalized spacial score (nSPS) is 11.7. The maximum absolute atomic E-state index is 13.4. The minimum Gasteiger partial charge on any atom is -0.345 e. The largest absolute Gasteiger partial charge is 0.345 e. The summed E-state index contributed by atoms with van der Waals surface area (Å²) in [4.78, 5) is 12.8. The third-order valence-electron chi connectivity index (χ3n) is 2.62. The van der Waals surface area contributed by atoms with E-state index in [9.17, 15) is 17.8 Å². The first kappa shape index (κ1) is 16.2. The molecule has 1 amide bonds. The number of hydrogen-bond donors (Lipinski definition) is 0. The lowest BCUT2D eigenvalue weighted by Gasteiger charge is -2.15. The molecule has 1 aromatic rings. The maximum atomic E-state index is 13.4. The summed E-state index contributed by atoms with van der Waals surface area (Å²) in [6.45, 7) is 0.288. The number of carbonyl (C=O) groups excluding carboxylic acids is 1. The molecule has 0 N–H and O–H groups in total. The van der Waals surface area contributed by atoms with Crippen LogP contribution in [0.25, 0.3) is 0 Å². The molecule has 0 spiro atoms. The van der Waals surface area contributed by atoms with E-state index in [-0.39, 0.29) is 35.9 Å². The molecule has 4 nitrogen and oxygen atoms in total. The first-order chi connectivity index (χ1) is 9.45. The number of amides is 1.